The first kappa shape index (κ1) is 20.3. The van der Waals surface area contributed by atoms with E-state index >= 15 is 0 Å². The number of hydrogen-bond acceptors (Lipinski definition) is 6. The summed E-state index contributed by atoms with van der Waals surface area (Å²) in [5, 5.41) is 6.96. The highest BCUT2D eigenvalue weighted by atomic mass is 16.5. The van der Waals surface area contributed by atoms with Crippen molar-refractivity contribution in [3.05, 3.63) is 78.0 Å². The summed E-state index contributed by atoms with van der Waals surface area (Å²) in [7, 11) is 0. The Labute approximate surface area is 187 Å². The van der Waals surface area contributed by atoms with E-state index in [4.69, 9.17) is 10.5 Å². The number of nitrogens with one attached hydrogen (secondary N) is 2. The molecule has 1 saturated heterocycles. The topological polar surface area (TPSA) is 92.5 Å². The highest BCUT2D eigenvalue weighted by Crippen LogP contribution is 2.48. The van der Waals surface area contributed by atoms with E-state index in [9.17, 15) is 4.79 Å². The van der Waals surface area contributed by atoms with E-state index in [2.05, 4.69) is 44.8 Å². The zero-order chi connectivity index (χ0) is 22.0. The lowest BCUT2D eigenvalue weighted by Gasteiger charge is -2.29. The minimum Gasteiger partial charge on any atom is -0.378 e. The molecule has 2 heterocycles. The molecule has 0 atom stereocenters. The number of hydrogen-bond donors (Lipinski definition) is 3. The number of ether oxygens (including phenoxy) is 1. The number of aromatic nitrogens is 1. The minimum atomic E-state index is -0.496. The average Bonchev–Trinajstić information content (AvgIpc) is 3.61. The van der Waals surface area contributed by atoms with Crippen LogP contribution < -0.4 is 21.3 Å². The summed E-state index contributed by atoms with van der Waals surface area (Å²) in [4.78, 5) is 18.8. The Kier molecular flexibility index (Phi) is 5.41. The summed E-state index contributed by atoms with van der Waals surface area (Å²) >= 11 is 0. The Bertz CT molecular complexity index is 1110. The Morgan fingerprint density at radius 3 is 2.53 bits per heavy atom. The standard InChI is InChI=1S/C25H27N5O2/c26-24(31)21-17-27-23(16-22(21)29-25(9-10-25)18-5-2-1-3-6-18)28-19-7-4-8-20(15-19)30-11-13-32-14-12-30/h1-8,15-17H,9-14H2,(H2,26,31)(H2,27,28,29). The smallest absolute Gasteiger partial charge is 0.252 e. The monoisotopic (exact) mass is 429 g/mol. The summed E-state index contributed by atoms with van der Waals surface area (Å²) in [5.41, 5.74) is 9.85. The van der Waals surface area contributed by atoms with Crippen molar-refractivity contribution >= 4 is 28.8 Å². The molecular formula is C25H27N5O2. The number of anilines is 4. The fraction of sp³-hybridized carbons (Fsp3) is 0.280. The van der Waals surface area contributed by atoms with Crippen LogP contribution in [0.5, 0.6) is 0 Å². The van der Waals surface area contributed by atoms with Gasteiger partial charge >= 0.3 is 0 Å². The fourth-order valence-corrected chi connectivity index (χ4v) is 4.20. The van der Waals surface area contributed by atoms with Crippen LogP contribution in [-0.4, -0.2) is 37.2 Å². The highest BCUT2D eigenvalue weighted by Gasteiger charge is 2.44. The molecule has 0 unspecified atom stereocenters. The van der Waals surface area contributed by atoms with Gasteiger partial charge < -0.3 is 26.0 Å². The van der Waals surface area contributed by atoms with E-state index in [1.807, 2.05) is 36.4 Å². The van der Waals surface area contributed by atoms with Crippen LogP contribution >= 0.6 is 0 Å². The largest absolute Gasteiger partial charge is 0.378 e. The van der Waals surface area contributed by atoms with Crippen molar-refractivity contribution in [3.63, 3.8) is 0 Å². The van der Waals surface area contributed by atoms with Crippen molar-refractivity contribution in [2.24, 2.45) is 5.73 Å². The predicted octanol–water partition coefficient (Wildman–Crippen LogP) is 3.86. The summed E-state index contributed by atoms with van der Waals surface area (Å²) in [6, 6.07) is 20.4. The molecule has 2 aliphatic rings. The van der Waals surface area contributed by atoms with E-state index in [0.29, 0.717) is 17.1 Å². The van der Waals surface area contributed by atoms with E-state index < -0.39 is 5.91 Å². The Morgan fingerprint density at radius 2 is 1.81 bits per heavy atom. The van der Waals surface area contributed by atoms with Crippen molar-refractivity contribution in [2.45, 2.75) is 18.4 Å². The summed E-state index contributed by atoms with van der Waals surface area (Å²) in [5.74, 6) is 0.158. The van der Waals surface area contributed by atoms with Gasteiger partial charge in [-0.05, 0) is 36.6 Å². The van der Waals surface area contributed by atoms with Gasteiger partial charge in [0.25, 0.3) is 5.91 Å². The van der Waals surface area contributed by atoms with Crippen molar-refractivity contribution in [1.82, 2.24) is 4.98 Å². The van der Waals surface area contributed by atoms with Gasteiger partial charge in [0.2, 0.25) is 0 Å². The van der Waals surface area contributed by atoms with Gasteiger partial charge in [-0.2, -0.15) is 0 Å². The molecule has 1 amide bonds. The van der Waals surface area contributed by atoms with Gasteiger partial charge in [0.1, 0.15) is 5.82 Å². The highest BCUT2D eigenvalue weighted by molar-refractivity contribution is 5.99. The van der Waals surface area contributed by atoms with Gasteiger partial charge in [0.05, 0.1) is 30.0 Å². The first-order chi connectivity index (χ1) is 15.6. The molecule has 7 heteroatoms. The first-order valence-corrected chi connectivity index (χ1v) is 11.0. The number of nitrogens with zero attached hydrogens (tertiary/aromatic N) is 2. The molecule has 1 saturated carbocycles. The van der Waals surface area contributed by atoms with Gasteiger partial charge in [-0.15, -0.1) is 0 Å². The quantitative estimate of drug-likeness (QED) is 0.528. The second-order valence-corrected chi connectivity index (χ2v) is 8.33. The Hall–Kier alpha value is -3.58. The van der Waals surface area contributed by atoms with E-state index in [0.717, 1.165) is 50.5 Å². The van der Waals surface area contributed by atoms with Crippen molar-refractivity contribution in [3.8, 4) is 0 Å². The van der Waals surface area contributed by atoms with Crippen LogP contribution in [0.2, 0.25) is 0 Å². The number of amides is 1. The first-order valence-electron chi connectivity index (χ1n) is 11.0. The number of carbonyl (C=O) groups is 1. The number of carbonyl (C=O) groups excluding carboxylic acids is 1. The third kappa shape index (κ3) is 4.24. The third-order valence-electron chi connectivity index (χ3n) is 6.11. The van der Waals surface area contributed by atoms with Gasteiger partial charge in [-0.1, -0.05) is 36.4 Å². The molecule has 3 aromatic rings. The second-order valence-electron chi connectivity index (χ2n) is 8.33. The summed E-state index contributed by atoms with van der Waals surface area (Å²) < 4.78 is 5.46. The molecule has 1 aromatic heterocycles. The molecule has 0 bridgehead atoms. The van der Waals surface area contributed by atoms with Gasteiger partial charge in [0.15, 0.2) is 0 Å². The third-order valence-corrected chi connectivity index (χ3v) is 6.11. The van der Waals surface area contributed by atoms with E-state index in [-0.39, 0.29) is 5.54 Å². The second kappa shape index (κ2) is 8.51. The maximum absolute atomic E-state index is 12.1. The van der Waals surface area contributed by atoms with Crippen LogP contribution in [0.4, 0.5) is 22.9 Å². The predicted molar refractivity (Wildman–Crippen MR) is 126 cm³/mol. The lowest BCUT2D eigenvalue weighted by Crippen LogP contribution is -2.36. The van der Waals surface area contributed by atoms with E-state index in [1.165, 1.54) is 5.56 Å². The number of pyridine rings is 1. The number of nitrogens with two attached hydrogens (primary N) is 1. The molecular weight excluding hydrogens is 402 g/mol. The molecule has 2 aromatic carbocycles. The molecule has 0 spiro atoms. The van der Waals surface area contributed by atoms with Crippen LogP contribution in [0, 0.1) is 0 Å². The molecule has 1 aliphatic heterocycles. The van der Waals surface area contributed by atoms with Gasteiger partial charge in [-0.25, -0.2) is 4.98 Å². The maximum Gasteiger partial charge on any atom is 0.252 e. The minimum absolute atomic E-state index is 0.166. The number of primary amides is 1. The molecule has 2 fully saturated rings. The SMILES string of the molecule is NC(=O)c1cnc(Nc2cccc(N3CCOCC3)c2)cc1NC1(c2ccccc2)CC1. The fourth-order valence-electron chi connectivity index (χ4n) is 4.20. The molecule has 5 rings (SSSR count). The van der Waals surface area contributed by atoms with Crippen LogP contribution in [0.15, 0.2) is 66.9 Å². The summed E-state index contributed by atoms with van der Waals surface area (Å²) in [6.07, 6.45) is 3.55. The van der Waals surface area contributed by atoms with Crippen molar-refractivity contribution in [2.75, 3.05) is 41.8 Å². The van der Waals surface area contributed by atoms with Crippen molar-refractivity contribution in [1.29, 1.82) is 0 Å². The lowest BCUT2D eigenvalue weighted by molar-refractivity contribution is 0.100. The van der Waals surface area contributed by atoms with Crippen LogP contribution in [0.1, 0.15) is 28.8 Å². The average molecular weight is 430 g/mol. The zero-order valence-electron chi connectivity index (χ0n) is 17.9. The molecule has 164 valence electrons. The number of rotatable bonds is 7. The maximum atomic E-state index is 12.1. The molecule has 0 radical (unpaired) electrons. The number of benzene rings is 2. The lowest BCUT2D eigenvalue weighted by atomic mass is 10.0. The van der Waals surface area contributed by atoms with Crippen LogP contribution in [0.3, 0.4) is 0 Å². The van der Waals surface area contributed by atoms with Gasteiger partial charge in [-0.3, -0.25) is 4.79 Å². The summed E-state index contributed by atoms with van der Waals surface area (Å²) in [6.45, 7) is 3.24. The van der Waals surface area contributed by atoms with E-state index in [1.54, 1.807) is 6.20 Å². The molecule has 7 nitrogen and oxygen atoms in total. The van der Waals surface area contributed by atoms with Crippen LogP contribution in [0.25, 0.3) is 0 Å². The van der Waals surface area contributed by atoms with Crippen LogP contribution in [-0.2, 0) is 10.3 Å². The Morgan fingerprint density at radius 1 is 1.03 bits per heavy atom. The van der Waals surface area contributed by atoms with Gasteiger partial charge in [0, 0.05) is 36.7 Å². The zero-order valence-corrected chi connectivity index (χ0v) is 17.9. The molecule has 4 N–H and O–H groups in total. The number of morpholine rings is 1. The van der Waals surface area contributed by atoms with Crippen molar-refractivity contribution < 1.29 is 9.53 Å². The Balaban J connectivity index is 1.40. The molecule has 32 heavy (non-hydrogen) atoms. The normalized spacial score (nSPS) is 16.9. The molecule has 1 aliphatic carbocycles.